The molecule has 1 saturated carbocycles. The van der Waals surface area contributed by atoms with Crippen LogP contribution in [0.3, 0.4) is 0 Å². The van der Waals surface area contributed by atoms with Gasteiger partial charge in [-0.3, -0.25) is 9.52 Å². The van der Waals surface area contributed by atoms with E-state index in [9.17, 15) is 21.6 Å². The van der Waals surface area contributed by atoms with Crippen molar-refractivity contribution in [3.05, 3.63) is 48.0 Å². The number of hydrogen-bond acceptors (Lipinski definition) is 6. The van der Waals surface area contributed by atoms with Gasteiger partial charge in [-0.1, -0.05) is 6.07 Å². The number of hydrogen-bond donors (Lipinski definition) is 2. The minimum atomic E-state index is -3.63. The third kappa shape index (κ3) is 5.64. The third-order valence-corrected chi connectivity index (χ3v) is 10.2. The fraction of sp³-hybridized carbons (Fsp3) is 0.480. The van der Waals surface area contributed by atoms with Gasteiger partial charge in [0.15, 0.2) is 9.84 Å². The Morgan fingerprint density at radius 2 is 1.57 bits per heavy atom. The van der Waals surface area contributed by atoms with Crippen molar-refractivity contribution in [1.82, 2.24) is 0 Å². The van der Waals surface area contributed by atoms with E-state index in [0.717, 1.165) is 32.2 Å². The Morgan fingerprint density at radius 1 is 0.914 bits per heavy atom. The number of benzene rings is 2. The van der Waals surface area contributed by atoms with Crippen LogP contribution >= 0.6 is 0 Å². The van der Waals surface area contributed by atoms with E-state index in [2.05, 4.69) is 14.9 Å². The molecule has 2 aliphatic rings. The molecule has 1 aliphatic heterocycles. The number of amides is 1. The highest BCUT2D eigenvalue weighted by Crippen LogP contribution is 2.54. The highest BCUT2D eigenvalue weighted by atomic mass is 32.2. The van der Waals surface area contributed by atoms with Crippen molar-refractivity contribution in [2.75, 3.05) is 34.3 Å². The zero-order valence-electron chi connectivity index (χ0n) is 20.6. The molecule has 1 aliphatic carbocycles. The first kappa shape index (κ1) is 25.5. The molecule has 35 heavy (non-hydrogen) atoms. The van der Waals surface area contributed by atoms with Crippen molar-refractivity contribution >= 4 is 42.8 Å². The zero-order chi connectivity index (χ0) is 25.6. The number of sulfone groups is 1. The lowest BCUT2D eigenvalue weighted by atomic mass is 9.93. The van der Waals surface area contributed by atoms with Crippen LogP contribution in [0.4, 0.5) is 17.1 Å². The van der Waals surface area contributed by atoms with Crippen LogP contribution in [0, 0.1) is 5.41 Å². The molecule has 8 nitrogen and oxygen atoms in total. The lowest BCUT2D eigenvalue weighted by molar-refractivity contribution is 0.102. The summed E-state index contributed by atoms with van der Waals surface area (Å²) in [5, 5.41) is 2.80. The minimum Gasteiger partial charge on any atom is -0.371 e. The van der Waals surface area contributed by atoms with Crippen LogP contribution in [-0.2, 0) is 19.9 Å². The monoisotopic (exact) mass is 519 g/mol. The molecule has 0 bridgehead atoms. The molecule has 2 fully saturated rings. The van der Waals surface area contributed by atoms with Gasteiger partial charge in [0.25, 0.3) is 5.91 Å². The van der Waals surface area contributed by atoms with Gasteiger partial charge in [0.2, 0.25) is 10.0 Å². The number of nitrogens with one attached hydrogen (secondary N) is 2. The molecule has 10 heteroatoms. The summed E-state index contributed by atoms with van der Waals surface area (Å²) in [7, 11) is -7.05. The fourth-order valence-corrected chi connectivity index (χ4v) is 5.67. The molecule has 1 saturated heterocycles. The highest BCUT2D eigenvalue weighted by Gasteiger charge is 2.44. The first-order chi connectivity index (χ1) is 16.2. The van der Waals surface area contributed by atoms with E-state index >= 15 is 0 Å². The van der Waals surface area contributed by atoms with E-state index in [0.29, 0.717) is 28.0 Å². The molecule has 0 unspecified atom stereocenters. The number of nitrogens with zero attached hydrogens (tertiary/aromatic N) is 1. The summed E-state index contributed by atoms with van der Waals surface area (Å²) in [5.74, 6) is -0.386. The molecule has 190 valence electrons. The van der Waals surface area contributed by atoms with Crippen LogP contribution in [0.15, 0.2) is 47.4 Å². The van der Waals surface area contributed by atoms with Crippen LogP contribution in [0.5, 0.6) is 0 Å². The number of rotatable bonds is 6. The van der Waals surface area contributed by atoms with Crippen LogP contribution in [0.1, 0.15) is 56.8 Å². The quantitative estimate of drug-likeness (QED) is 0.590. The Hall–Kier alpha value is -2.59. The van der Waals surface area contributed by atoms with Gasteiger partial charge in [-0.25, -0.2) is 16.8 Å². The summed E-state index contributed by atoms with van der Waals surface area (Å²) >= 11 is 0. The van der Waals surface area contributed by atoms with Crippen molar-refractivity contribution in [2.24, 2.45) is 5.41 Å². The normalized spacial score (nSPS) is 17.8. The summed E-state index contributed by atoms with van der Waals surface area (Å²) in [6.45, 7) is 6.46. The molecular formula is C25H33N3O5S2. The van der Waals surface area contributed by atoms with Crippen LogP contribution in [0.2, 0.25) is 0 Å². The second-order valence-electron chi connectivity index (χ2n) is 10.7. The summed E-state index contributed by atoms with van der Waals surface area (Å²) in [6, 6.07) is 11.0. The van der Waals surface area contributed by atoms with Crippen molar-refractivity contribution in [1.29, 1.82) is 0 Å². The van der Waals surface area contributed by atoms with Crippen molar-refractivity contribution in [3.8, 4) is 0 Å². The van der Waals surface area contributed by atoms with Crippen LogP contribution in [-0.4, -0.2) is 46.8 Å². The van der Waals surface area contributed by atoms with Crippen molar-refractivity contribution < 1.29 is 21.6 Å². The molecule has 0 atom stereocenters. The van der Waals surface area contributed by atoms with Gasteiger partial charge < -0.3 is 10.2 Å². The highest BCUT2D eigenvalue weighted by molar-refractivity contribution is 7.94. The molecule has 2 aromatic rings. The zero-order valence-corrected chi connectivity index (χ0v) is 22.2. The Bertz CT molecular complexity index is 1350. The molecule has 0 aromatic heterocycles. The summed E-state index contributed by atoms with van der Waals surface area (Å²) in [5.41, 5.74) is 2.27. The van der Waals surface area contributed by atoms with Gasteiger partial charge in [0.1, 0.15) is 0 Å². The second-order valence-corrected chi connectivity index (χ2v) is 15.1. The number of piperidine rings is 1. The topological polar surface area (TPSA) is 113 Å². The number of anilines is 3. The van der Waals surface area contributed by atoms with Crippen LogP contribution < -0.4 is 14.9 Å². The molecule has 0 radical (unpaired) electrons. The van der Waals surface area contributed by atoms with E-state index in [4.69, 9.17) is 0 Å². The standard InChI is InChI=1S/C25H33N3O5S2/c1-24(2,3)35(32,33)27-19-8-9-21(22(17-19)28-14-12-25(10-11-25)13-15-28)23(29)26-18-6-5-7-20(16-18)34(4,30)31/h5-9,16-17,27H,10-15H2,1-4H3,(H,26,29). The molecule has 4 rings (SSSR count). The summed E-state index contributed by atoms with van der Waals surface area (Å²) in [6.07, 6.45) is 5.70. The first-order valence-electron chi connectivity index (χ1n) is 11.7. The van der Waals surface area contributed by atoms with E-state index in [1.807, 2.05) is 0 Å². The SMILES string of the molecule is CC(C)(C)S(=O)(=O)Nc1ccc(C(=O)Nc2cccc(S(C)(=O)=O)c2)c(N2CCC3(CC2)CC3)c1. The maximum absolute atomic E-state index is 13.3. The number of sulfonamides is 1. The largest absolute Gasteiger partial charge is 0.371 e. The predicted octanol–water partition coefficient (Wildman–Crippen LogP) is 4.26. The Morgan fingerprint density at radius 3 is 2.14 bits per heavy atom. The average molecular weight is 520 g/mol. The Kier molecular flexibility index (Phi) is 6.42. The second kappa shape index (κ2) is 8.81. The molecule has 1 spiro atoms. The lowest BCUT2D eigenvalue weighted by Gasteiger charge is -2.35. The molecule has 1 amide bonds. The van der Waals surface area contributed by atoms with Gasteiger partial charge >= 0.3 is 0 Å². The smallest absolute Gasteiger partial charge is 0.257 e. The van der Waals surface area contributed by atoms with Crippen molar-refractivity contribution in [2.45, 2.75) is 56.1 Å². The van der Waals surface area contributed by atoms with Gasteiger partial charge in [-0.15, -0.1) is 0 Å². The maximum Gasteiger partial charge on any atom is 0.257 e. The molecular weight excluding hydrogens is 486 g/mol. The summed E-state index contributed by atoms with van der Waals surface area (Å²) in [4.78, 5) is 15.6. The predicted molar refractivity (Wildman–Crippen MR) is 139 cm³/mol. The fourth-order valence-electron chi connectivity index (χ4n) is 4.26. The minimum absolute atomic E-state index is 0.119. The number of carbonyl (C=O) groups excluding carboxylic acids is 1. The van der Waals surface area contributed by atoms with Gasteiger partial charge in [0, 0.05) is 25.0 Å². The van der Waals surface area contributed by atoms with Gasteiger partial charge in [0.05, 0.1) is 26.6 Å². The molecule has 2 N–H and O–H groups in total. The maximum atomic E-state index is 13.3. The Labute approximate surface area is 208 Å². The van der Waals surface area contributed by atoms with E-state index < -0.39 is 24.6 Å². The first-order valence-corrected chi connectivity index (χ1v) is 15.1. The lowest BCUT2D eigenvalue weighted by Crippen LogP contribution is -2.36. The number of carbonyl (C=O) groups is 1. The van der Waals surface area contributed by atoms with Gasteiger partial charge in [-0.2, -0.15) is 0 Å². The van der Waals surface area contributed by atoms with E-state index in [1.54, 1.807) is 51.1 Å². The third-order valence-electron chi connectivity index (χ3n) is 6.94. The van der Waals surface area contributed by atoms with Gasteiger partial charge in [-0.05, 0) is 88.3 Å². The van der Waals surface area contributed by atoms with E-state index in [1.165, 1.54) is 25.0 Å². The summed E-state index contributed by atoms with van der Waals surface area (Å²) < 4.78 is 50.9. The Balaban J connectivity index is 1.65. The van der Waals surface area contributed by atoms with Crippen LogP contribution in [0.25, 0.3) is 0 Å². The van der Waals surface area contributed by atoms with Crippen molar-refractivity contribution in [3.63, 3.8) is 0 Å². The molecule has 1 heterocycles. The average Bonchev–Trinajstić information content (AvgIpc) is 3.51. The molecule has 2 aromatic carbocycles. The van der Waals surface area contributed by atoms with E-state index in [-0.39, 0.29) is 10.8 Å².